The molecule has 0 aromatic carbocycles. The second-order valence-corrected chi connectivity index (χ2v) is 4.38. The smallest absolute Gasteiger partial charge is 0.337 e. The highest BCUT2D eigenvalue weighted by molar-refractivity contribution is 6.34. The number of hydrogen-bond acceptors (Lipinski definition) is 3. The van der Waals surface area contributed by atoms with Crippen LogP contribution in [0.1, 0.15) is 31.1 Å². The highest BCUT2D eigenvalue weighted by Gasteiger charge is 2.19. The number of ether oxygens (including phenoxy) is 1. The molecule has 0 unspecified atom stereocenters. The summed E-state index contributed by atoms with van der Waals surface area (Å²) in [5, 5.41) is 8.85. The number of carboxylic acid groups (broad SMARTS) is 1. The van der Waals surface area contributed by atoms with Crippen LogP contribution >= 0.6 is 11.6 Å². The average molecular weight is 230 g/mol. The Bertz CT molecular complexity index is 385. The monoisotopic (exact) mass is 229 g/mol. The molecule has 0 saturated carbocycles. The van der Waals surface area contributed by atoms with Gasteiger partial charge in [0, 0.05) is 6.20 Å². The Labute approximate surface area is 92.8 Å². The van der Waals surface area contributed by atoms with Gasteiger partial charge in [0.05, 0.1) is 5.56 Å². The van der Waals surface area contributed by atoms with Crippen molar-refractivity contribution in [2.24, 2.45) is 0 Å². The van der Waals surface area contributed by atoms with Gasteiger partial charge in [0.15, 0.2) is 0 Å². The number of halogens is 1. The predicted octanol–water partition coefficient (Wildman–Crippen LogP) is 2.61. The number of aromatic carboxylic acids is 1. The van der Waals surface area contributed by atoms with E-state index in [9.17, 15) is 4.79 Å². The second-order valence-electron chi connectivity index (χ2n) is 4.00. The van der Waals surface area contributed by atoms with Gasteiger partial charge in [-0.1, -0.05) is 11.6 Å². The molecule has 0 aliphatic rings. The third kappa shape index (κ3) is 3.09. The van der Waals surface area contributed by atoms with Crippen molar-refractivity contribution in [1.82, 2.24) is 4.98 Å². The average Bonchev–Trinajstić information content (AvgIpc) is 2.05. The Hall–Kier alpha value is -1.29. The zero-order valence-corrected chi connectivity index (χ0v) is 9.50. The quantitative estimate of drug-likeness (QED) is 0.847. The van der Waals surface area contributed by atoms with Gasteiger partial charge in [0.25, 0.3) is 0 Å². The molecular weight excluding hydrogens is 218 g/mol. The lowest BCUT2D eigenvalue weighted by atomic mass is 10.2. The van der Waals surface area contributed by atoms with Crippen molar-refractivity contribution in [2.45, 2.75) is 26.4 Å². The number of carbonyl (C=O) groups is 1. The van der Waals surface area contributed by atoms with Crippen LogP contribution in [0, 0.1) is 0 Å². The highest BCUT2D eigenvalue weighted by atomic mass is 35.5. The first-order valence-electron chi connectivity index (χ1n) is 4.38. The number of carboxylic acids is 1. The van der Waals surface area contributed by atoms with E-state index < -0.39 is 11.6 Å². The summed E-state index contributed by atoms with van der Waals surface area (Å²) in [5.41, 5.74) is -0.473. The van der Waals surface area contributed by atoms with Crippen LogP contribution < -0.4 is 4.74 Å². The minimum Gasteiger partial charge on any atom is -0.478 e. The van der Waals surface area contributed by atoms with Crippen LogP contribution in [-0.4, -0.2) is 21.7 Å². The predicted molar refractivity (Wildman–Crippen MR) is 56.6 cm³/mol. The number of pyridine rings is 1. The lowest BCUT2D eigenvalue weighted by molar-refractivity contribution is 0.0694. The second kappa shape index (κ2) is 4.06. The van der Waals surface area contributed by atoms with Crippen molar-refractivity contribution in [2.75, 3.05) is 0 Å². The van der Waals surface area contributed by atoms with Gasteiger partial charge in [-0.25, -0.2) is 9.78 Å². The third-order valence-corrected chi connectivity index (χ3v) is 1.86. The summed E-state index contributed by atoms with van der Waals surface area (Å²) in [6, 6.07) is 1.33. The lowest BCUT2D eigenvalue weighted by Gasteiger charge is -2.21. The molecule has 0 saturated heterocycles. The Kier molecular flexibility index (Phi) is 3.19. The molecule has 0 aliphatic carbocycles. The minimum atomic E-state index is -1.10. The molecule has 0 atom stereocenters. The molecule has 4 nitrogen and oxygen atoms in total. The Balaban J connectivity index is 3.10. The number of hydrogen-bond donors (Lipinski definition) is 1. The van der Waals surface area contributed by atoms with Crippen LogP contribution in [-0.2, 0) is 0 Å². The molecule has 5 heteroatoms. The van der Waals surface area contributed by atoms with E-state index in [0.29, 0.717) is 0 Å². The van der Waals surface area contributed by atoms with Crippen LogP contribution in [0.3, 0.4) is 0 Å². The molecule has 82 valence electrons. The van der Waals surface area contributed by atoms with Gasteiger partial charge in [0.2, 0.25) is 5.88 Å². The molecular formula is C10H12ClNO3. The largest absolute Gasteiger partial charge is 0.478 e. The van der Waals surface area contributed by atoms with E-state index in [4.69, 9.17) is 21.4 Å². The van der Waals surface area contributed by atoms with Gasteiger partial charge in [-0.15, -0.1) is 0 Å². The number of nitrogens with zero attached hydrogens (tertiary/aromatic N) is 1. The Morgan fingerprint density at radius 1 is 1.53 bits per heavy atom. The summed E-state index contributed by atoms with van der Waals surface area (Å²) in [7, 11) is 0. The summed E-state index contributed by atoms with van der Waals surface area (Å²) in [5.74, 6) is -0.953. The minimum absolute atomic E-state index is 0.00841. The Morgan fingerprint density at radius 3 is 2.60 bits per heavy atom. The van der Waals surface area contributed by atoms with Gasteiger partial charge in [-0.2, -0.15) is 0 Å². The van der Waals surface area contributed by atoms with Crippen LogP contribution in [0.4, 0.5) is 0 Å². The zero-order valence-electron chi connectivity index (χ0n) is 8.74. The maximum Gasteiger partial charge on any atom is 0.337 e. The van der Waals surface area contributed by atoms with Crippen LogP contribution in [0.15, 0.2) is 12.3 Å². The first-order chi connectivity index (χ1) is 6.81. The van der Waals surface area contributed by atoms with E-state index in [1.165, 1.54) is 12.3 Å². The fraction of sp³-hybridized carbons (Fsp3) is 0.400. The molecule has 1 heterocycles. The molecule has 0 fully saturated rings. The maximum absolute atomic E-state index is 10.8. The van der Waals surface area contributed by atoms with E-state index in [-0.39, 0.29) is 16.5 Å². The standard InChI is InChI=1S/C10H12ClNO3/c1-10(2,3)15-8-7(11)6(9(13)14)4-5-12-8/h4-5H,1-3H3,(H,13,14). The summed E-state index contributed by atoms with van der Waals surface area (Å²) in [6.07, 6.45) is 1.36. The fourth-order valence-corrected chi connectivity index (χ4v) is 1.18. The molecule has 1 aromatic heterocycles. The van der Waals surface area contributed by atoms with E-state index in [1.54, 1.807) is 0 Å². The first kappa shape index (κ1) is 11.8. The molecule has 0 radical (unpaired) electrons. The molecule has 1 rings (SSSR count). The SMILES string of the molecule is CC(C)(C)Oc1nccc(C(=O)O)c1Cl. The van der Waals surface area contributed by atoms with E-state index in [2.05, 4.69) is 4.98 Å². The summed E-state index contributed by atoms with van der Waals surface area (Å²) in [6.45, 7) is 5.50. The molecule has 1 aromatic rings. The third-order valence-electron chi connectivity index (χ3n) is 1.49. The van der Waals surface area contributed by atoms with Crippen LogP contribution in [0.25, 0.3) is 0 Å². The molecule has 0 aliphatic heterocycles. The van der Waals surface area contributed by atoms with E-state index >= 15 is 0 Å². The Morgan fingerprint density at radius 2 is 2.13 bits per heavy atom. The topological polar surface area (TPSA) is 59.4 Å². The molecule has 15 heavy (non-hydrogen) atoms. The van der Waals surface area contributed by atoms with Crippen LogP contribution in [0.5, 0.6) is 5.88 Å². The van der Waals surface area contributed by atoms with Crippen molar-refractivity contribution in [1.29, 1.82) is 0 Å². The fourth-order valence-electron chi connectivity index (χ4n) is 0.951. The normalized spacial score (nSPS) is 11.2. The molecule has 1 N–H and O–H groups in total. The summed E-state index contributed by atoms with van der Waals surface area (Å²) in [4.78, 5) is 14.7. The van der Waals surface area contributed by atoms with Crippen molar-refractivity contribution in [3.63, 3.8) is 0 Å². The van der Waals surface area contributed by atoms with Gasteiger partial charge in [0.1, 0.15) is 10.6 Å². The number of rotatable bonds is 2. The summed E-state index contributed by atoms with van der Waals surface area (Å²) >= 11 is 5.84. The van der Waals surface area contributed by atoms with Crippen molar-refractivity contribution in [3.05, 3.63) is 22.8 Å². The molecule has 0 bridgehead atoms. The van der Waals surface area contributed by atoms with E-state index in [0.717, 1.165) is 0 Å². The lowest BCUT2D eigenvalue weighted by Crippen LogP contribution is -2.24. The van der Waals surface area contributed by atoms with Crippen LogP contribution in [0.2, 0.25) is 5.02 Å². The van der Waals surface area contributed by atoms with Gasteiger partial charge in [-0.3, -0.25) is 0 Å². The van der Waals surface area contributed by atoms with E-state index in [1.807, 2.05) is 20.8 Å². The maximum atomic E-state index is 10.8. The van der Waals surface area contributed by atoms with Gasteiger partial charge < -0.3 is 9.84 Å². The van der Waals surface area contributed by atoms with Gasteiger partial charge >= 0.3 is 5.97 Å². The first-order valence-corrected chi connectivity index (χ1v) is 4.76. The van der Waals surface area contributed by atoms with Crippen molar-refractivity contribution >= 4 is 17.6 Å². The molecule has 0 amide bonds. The summed E-state index contributed by atoms with van der Waals surface area (Å²) < 4.78 is 5.42. The van der Waals surface area contributed by atoms with Gasteiger partial charge in [-0.05, 0) is 26.8 Å². The molecule has 0 spiro atoms. The van der Waals surface area contributed by atoms with Crippen molar-refractivity contribution in [3.8, 4) is 5.88 Å². The van der Waals surface area contributed by atoms with Crippen molar-refractivity contribution < 1.29 is 14.6 Å². The zero-order chi connectivity index (χ0) is 11.6. The number of aromatic nitrogens is 1. The highest BCUT2D eigenvalue weighted by Crippen LogP contribution is 2.28.